The van der Waals surface area contributed by atoms with Gasteiger partial charge in [0.15, 0.2) is 10.8 Å². The Morgan fingerprint density at radius 2 is 1.79 bits per heavy atom. The van der Waals surface area contributed by atoms with Crippen LogP contribution in [0.5, 0.6) is 0 Å². The van der Waals surface area contributed by atoms with E-state index in [1.165, 1.54) is 36.7 Å². The van der Waals surface area contributed by atoms with Crippen molar-refractivity contribution in [2.45, 2.75) is 20.4 Å². The Kier molecular flexibility index (Phi) is 7.15. The van der Waals surface area contributed by atoms with Gasteiger partial charge in [-0.25, -0.2) is 0 Å². The Balaban J connectivity index is 1.50. The summed E-state index contributed by atoms with van der Waals surface area (Å²) in [5.41, 5.74) is 0.820. The predicted octanol–water partition coefficient (Wildman–Crippen LogP) is 1.56. The molecule has 0 unspecified atom stereocenters. The van der Waals surface area contributed by atoms with E-state index in [1.807, 2.05) is 0 Å². The third kappa shape index (κ3) is 5.32. The van der Waals surface area contributed by atoms with Gasteiger partial charge in [0.25, 0.3) is 11.6 Å². The fourth-order valence-electron chi connectivity index (χ4n) is 2.85. The number of carbonyl (C=O) groups is 2. The van der Waals surface area contributed by atoms with Crippen molar-refractivity contribution in [2.75, 3.05) is 13.1 Å². The minimum Gasteiger partial charge on any atom is -0.358 e. The second-order valence-electron chi connectivity index (χ2n) is 6.92. The summed E-state index contributed by atoms with van der Waals surface area (Å²) in [6.07, 6.45) is 0. The lowest BCUT2D eigenvalue weighted by Crippen LogP contribution is -2.34. The molecular weight excluding hydrogens is 476 g/mol. The van der Waals surface area contributed by atoms with E-state index in [-0.39, 0.29) is 47.6 Å². The maximum Gasteiger partial charge on any atom is 0.408 e. The lowest BCUT2D eigenvalue weighted by Gasteiger charge is -2.06. The number of halogens is 1. The molecule has 0 atom stereocenters. The van der Waals surface area contributed by atoms with E-state index in [2.05, 4.69) is 25.9 Å². The van der Waals surface area contributed by atoms with Crippen LogP contribution in [0.1, 0.15) is 38.1 Å². The van der Waals surface area contributed by atoms with Gasteiger partial charge in [-0.1, -0.05) is 16.8 Å². The van der Waals surface area contributed by atoms with Crippen molar-refractivity contribution in [3.05, 3.63) is 72.0 Å². The molecule has 0 aliphatic carbocycles. The summed E-state index contributed by atoms with van der Waals surface area (Å²) in [5, 5.41) is 34.1. The average Bonchev–Trinajstić information content (AvgIpc) is 3.36. The molecule has 0 radical (unpaired) electrons. The van der Waals surface area contributed by atoms with Crippen molar-refractivity contribution in [2.24, 2.45) is 0 Å². The van der Waals surface area contributed by atoms with E-state index in [0.717, 1.165) is 0 Å². The third-order valence-corrected chi connectivity index (χ3v) is 5.04. The summed E-state index contributed by atoms with van der Waals surface area (Å²) in [4.78, 5) is 48.8. The van der Waals surface area contributed by atoms with Gasteiger partial charge in [-0.3, -0.25) is 19.7 Å². The third-order valence-electron chi connectivity index (χ3n) is 4.59. The molecule has 2 N–H and O–H groups in total. The van der Waals surface area contributed by atoms with Crippen LogP contribution in [0.15, 0.2) is 22.7 Å². The maximum absolute atomic E-state index is 12.2. The van der Waals surface area contributed by atoms with Gasteiger partial charge in [0.2, 0.25) is 0 Å². The van der Waals surface area contributed by atoms with Crippen LogP contribution in [-0.4, -0.2) is 54.7 Å². The number of rotatable bonds is 9. The van der Waals surface area contributed by atoms with E-state index < -0.39 is 27.5 Å². The van der Waals surface area contributed by atoms with E-state index in [1.54, 1.807) is 0 Å². The molecule has 34 heavy (non-hydrogen) atoms. The van der Waals surface area contributed by atoms with E-state index in [0.29, 0.717) is 11.3 Å². The molecule has 1 aromatic carbocycles. The van der Waals surface area contributed by atoms with Crippen molar-refractivity contribution >= 4 is 34.9 Å². The lowest BCUT2D eigenvalue weighted by atomic mass is 10.1. The van der Waals surface area contributed by atoms with Crippen molar-refractivity contribution in [1.29, 1.82) is 0 Å². The number of nitro groups is 2. The summed E-state index contributed by atoms with van der Waals surface area (Å²) >= 11 is 5.88. The standard InChI is InChI=1S/C18H17ClN8O7/c1-9-7-11(3-4-12(9)26(30)31)16(28)20-5-6-21-17(29)18-22-13(24-34-18)8-25-10(2)14(19)15(23-25)27(32)33/h3-4,7H,5-6,8H2,1-2H3,(H,20,28)(H,21,29). The minimum atomic E-state index is -0.720. The molecule has 16 heteroatoms. The topological polar surface area (TPSA) is 201 Å². The monoisotopic (exact) mass is 492 g/mol. The Bertz CT molecular complexity index is 1290. The Hall–Kier alpha value is -4.40. The molecule has 0 saturated carbocycles. The van der Waals surface area contributed by atoms with Gasteiger partial charge in [0.05, 0.1) is 15.7 Å². The van der Waals surface area contributed by atoms with Crippen LogP contribution in [-0.2, 0) is 6.54 Å². The molecular formula is C18H17ClN8O7. The van der Waals surface area contributed by atoms with Gasteiger partial charge in [0.1, 0.15) is 6.54 Å². The van der Waals surface area contributed by atoms with Crippen LogP contribution < -0.4 is 10.6 Å². The molecule has 2 aromatic heterocycles. The van der Waals surface area contributed by atoms with Crippen molar-refractivity contribution in [3.8, 4) is 0 Å². The molecule has 15 nitrogen and oxygen atoms in total. The fraction of sp³-hybridized carbons (Fsp3) is 0.278. The van der Waals surface area contributed by atoms with Crippen LogP contribution in [0.3, 0.4) is 0 Å². The summed E-state index contributed by atoms with van der Waals surface area (Å²) in [6, 6.07) is 3.98. The molecule has 0 spiro atoms. The number of nitrogens with zero attached hydrogens (tertiary/aromatic N) is 6. The summed E-state index contributed by atoms with van der Waals surface area (Å²) in [5.74, 6) is -1.97. The van der Waals surface area contributed by atoms with Gasteiger partial charge in [-0.2, -0.15) is 9.67 Å². The first-order chi connectivity index (χ1) is 16.1. The number of nitro benzene ring substituents is 1. The van der Waals surface area contributed by atoms with Crippen LogP contribution in [0.2, 0.25) is 5.02 Å². The van der Waals surface area contributed by atoms with Crippen LogP contribution >= 0.6 is 11.6 Å². The SMILES string of the molecule is Cc1cc(C(=O)NCCNC(=O)c2nc(Cn3nc([N+](=O)[O-])c(Cl)c3C)no2)ccc1[N+](=O)[O-]. The number of aryl methyl sites for hydroxylation is 1. The molecule has 0 fully saturated rings. The molecule has 0 aliphatic heterocycles. The number of benzene rings is 1. The number of aromatic nitrogens is 4. The second-order valence-corrected chi connectivity index (χ2v) is 7.30. The second kappa shape index (κ2) is 10.0. The first-order valence-electron chi connectivity index (χ1n) is 9.59. The highest BCUT2D eigenvalue weighted by Gasteiger charge is 2.25. The molecule has 0 aliphatic rings. The van der Waals surface area contributed by atoms with E-state index in [4.69, 9.17) is 16.1 Å². The number of hydrogen-bond acceptors (Lipinski definition) is 10. The zero-order valence-corrected chi connectivity index (χ0v) is 18.5. The molecule has 2 heterocycles. The largest absolute Gasteiger partial charge is 0.408 e. The molecule has 0 bridgehead atoms. The van der Waals surface area contributed by atoms with E-state index >= 15 is 0 Å². The van der Waals surface area contributed by atoms with Crippen LogP contribution in [0.25, 0.3) is 0 Å². The van der Waals surface area contributed by atoms with Gasteiger partial charge in [-0.05, 0) is 30.9 Å². The first kappa shape index (κ1) is 24.2. The summed E-state index contributed by atoms with van der Waals surface area (Å²) in [7, 11) is 0. The highest BCUT2D eigenvalue weighted by atomic mass is 35.5. The van der Waals surface area contributed by atoms with Crippen molar-refractivity contribution in [3.63, 3.8) is 0 Å². The zero-order valence-electron chi connectivity index (χ0n) is 17.8. The van der Waals surface area contributed by atoms with Crippen molar-refractivity contribution < 1.29 is 24.0 Å². The van der Waals surface area contributed by atoms with Crippen molar-refractivity contribution in [1.82, 2.24) is 30.6 Å². The zero-order chi connectivity index (χ0) is 25.0. The van der Waals surface area contributed by atoms with Crippen LogP contribution in [0.4, 0.5) is 11.5 Å². The number of hydrogen-bond donors (Lipinski definition) is 2. The molecule has 3 aromatic rings. The normalized spacial score (nSPS) is 10.7. The Morgan fingerprint density at radius 3 is 2.38 bits per heavy atom. The summed E-state index contributed by atoms with van der Waals surface area (Å²) in [6.45, 7) is 3.05. The number of nitrogens with one attached hydrogen (secondary N) is 2. The number of amides is 2. The quantitative estimate of drug-likeness (QED) is 0.250. The summed E-state index contributed by atoms with van der Waals surface area (Å²) < 4.78 is 6.10. The Labute approximate surface area is 195 Å². The Morgan fingerprint density at radius 1 is 1.12 bits per heavy atom. The van der Waals surface area contributed by atoms with Gasteiger partial charge >= 0.3 is 17.6 Å². The average molecular weight is 493 g/mol. The molecule has 3 rings (SSSR count). The predicted molar refractivity (Wildman–Crippen MR) is 115 cm³/mol. The maximum atomic E-state index is 12.2. The highest BCUT2D eigenvalue weighted by molar-refractivity contribution is 6.33. The fourth-order valence-corrected chi connectivity index (χ4v) is 3.06. The lowest BCUT2D eigenvalue weighted by molar-refractivity contribution is -0.389. The van der Waals surface area contributed by atoms with Crippen LogP contribution in [0, 0.1) is 34.1 Å². The first-order valence-corrected chi connectivity index (χ1v) is 9.97. The molecule has 2 amide bonds. The molecule has 0 saturated heterocycles. The smallest absolute Gasteiger partial charge is 0.358 e. The molecule has 178 valence electrons. The van der Waals surface area contributed by atoms with E-state index in [9.17, 15) is 29.8 Å². The highest BCUT2D eigenvalue weighted by Crippen LogP contribution is 2.26. The minimum absolute atomic E-state index is 0.0360. The van der Waals surface area contributed by atoms with Gasteiger partial charge in [0, 0.05) is 30.3 Å². The van der Waals surface area contributed by atoms with Gasteiger partial charge in [-0.15, -0.1) is 0 Å². The van der Waals surface area contributed by atoms with Gasteiger partial charge < -0.3 is 25.3 Å². The number of carbonyl (C=O) groups excluding carboxylic acids is 2.